The zero-order valence-corrected chi connectivity index (χ0v) is 21.8. The molecule has 0 saturated heterocycles. The van der Waals surface area contributed by atoms with E-state index in [0.29, 0.717) is 0 Å². The van der Waals surface area contributed by atoms with E-state index in [2.05, 4.69) is 119 Å². The first kappa shape index (κ1) is 33.9. The van der Waals surface area contributed by atoms with Gasteiger partial charge >= 0.3 is 16.8 Å². The average molecular weight is 417 g/mol. The van der Waals surface area contributed by atoms with Crippen LogP contribution >= 0.6 is 0 Å². The molecule has 0 unspecified atom stereocenters. The summed E-state index contributed by atoms with van der Waals surface area (Å²) in [5.41, 5.74) is 0.438. The Hall–Kier alpha value is 0.386. The second-order valence-corrected chi connectivity index (χ2v) is 10.5. The first-order chi connectivity index (χ1) is 10.8. The van der Waals surface area contributed by atoms with Gasteiger partial charge in [-0.3, -0.25) is 0 Å². The number of rotatable bonds is 3. The minimum Gasteiger partial charge on any atom is -0.653 e. The summed E-state index contributed by atoms with van der Waals surface area (Å²) in [4.78, 5) is 2.38. The van der Waals surface area contributed by atoms with E-state index < -0.39 is 0 Å². The molecule has 0 heterocycles. The summed E-state index contributed by atoms with van der Waals surface area (Å²) in [7, 11) is 0. The van der Waals surface area contributed by atoms with Crippen LogP contribution < -0.4 is 0 Å². The fraction of sp³-hybridized carbons (Fsp3) is 1.00. The van der Waals surface area contributed by atoms with Crippen LogP contribution in [0.2, 0.25) is 0 Å². The fourth-order valence-electron chi connectivity index (χ4n) is 2.68. The molecule has 0 aliphatic carbocycles. The van der Waals surface area contributed by atoms with Crippen molar-refractivity contribution in [3.63, 3.8) is 0 Å². The molecule has 0 rings (SSSR count). The summed E-state index contributed by atoms with van der Waals surface area (Å²) in [5, 5.41) is 9.08. The molecule has 0 spiro atoms. The normalized spacial score (nSPS) is 12.5. The minimum atomic E-state index is 0. The molecule has 0 aliphatic rings. The number of hydrogen-bond acceptors (Lipinski definition) is 1. The van der Waals surface area contributed by atoms with Crippen LogP contribution in [-0.2, 0) is 16.8 Å². The van der Waals surface area contributed by atoms with Crippen molar-refractivity contribution in [2.75, 3.05) is 19.6 Å². The Bertz CT molecular complexity index is 242. The maximum Gasteiger partial charge on any atom is 3.00 e. The molecular formula is C22H51CoN3+. The van der Waals surface area contributed by atoms with E-state index in [9.17, 15) is 0 Å². The van der Waals surface area contributed by atoms with E-state index in [0.717, 1.165) is 0 Å². The predicted octanol–water partition coefficient (Wildman–Crippen LogP) is 7.26. The quantitative estimate of drug-likeness (QED) is 0.476. The van der Waals surface area contributed by atoms with Crippen LogP contribution in [0.25, 0.3) is 10.6 Å². The molecule has 0 aliphatic heterocycles. The fourth-order valence-corrected chi connectivity index (χ4v) is 2.68. The maximum absolute atomic E-state index is 4.54. The Kier molecular flexibility index (Phi) is 18.8. The van der Waals surface area contributed by atoms with E-state index in [4.69, 9.17) is 0 Å². The Morgan fingerprint density at radius 3 is 0.615 bits per heavy atom. The van der Waals surface area contributed by atoms with Crippen molar-refractivity contribution < 1.29 is 16.8 Å². The van der Waals surface area contributed by atoms with Gasteiger partial charge in [0.05, 0.1) is 0 Å². The SMILES string of the molecule is CC(C)(C)[N-]C(C)(C)C.CC(C)(C)[N-]C(C)(C)C.CCN(CC)CC.[Co+3]. The molecule has 0 radical (unpaired) electrons. The third-order valence-corrected chi connectivity index (χ3v) is 2.68. The Labute approximate surface area is 178 Å². The van der Waals surface area contributed by atoms with Crippen molar-refractivity contribution in [2.24, 2.45) is 0 Å². The van der Waals surface area contributed by atoms with E-state index in [-0.39, 0.29) is 38.9 Å². The summed E-state index contributed by atoms with van der Waals surface area (Å²) < 4.78 is 0. The van der Waals surface area contributed by atoms with Gasteiger partial charge in [0.15, 0.2) is 0 Å². The molecule has 0 aromatic rings. The molecule has 3 nitrogen and oxygen atoms in total. The predicted molar refractivity (Wildman–Crippen MR) is 119 cm³/mol. The monoisotopic (exact) mass is 416 g/mol. The van der Waals surface area contributed by atoms with Gasteiger partial charge in [0.2, 0.25) is 0 Å². The third kappa shape index (κ3) is 39.5. The van der Waals surface area contributed by atoms with Gasteiger partial charge in [0.25, 0.3) is 0 Å². The number of nitrogens with zero attached hydrogens (tertiary/aromatic N) is 3. The summed E-state index contributed by atoms with van der Waals surface area (Å²) in [6.45, 7) is 35.6. The summed E-state index contributed by atoms with van der Waals surface area (Å²) in [6.07, 6.45) is 0. The van der Waals surface area contributed by atoms with Crippen molar-refractivity contribution in [3.05, 3.63) is 10.6 Å². The molecular weight excluding hydrogens is 365 g/mol. The molecule has 162 valence electrons. The van der Waals surface area contributed by atoms with Gasteiger partial charge in [0.1, 0.15) is 0 Å². The topological polar surface area (TPSA) is 31.4 Å². The summed E-state index contributed by atoms with van der Waals surface area (Å²) in [5.74, 6) is 0. The molecule has 0 saturated carbocycles. The van der Waals surface area contributed by atoms with E-state index >= 15 is 0 Å². The molecule has 0 aromatic heterocycles. The van der Waals surface area contributed by atoms with Gasteiger partial charge < -0.3 is 15.5 Å². The van der Waals surface area contributed by atoms with Crippen LogP contribution in [-0.4, -0.2) is 46.7 Å². The molecule has 26 heavy (non-hydrogen) atoms. The van der Waals surface area contributed by atoms with Crippen LogP contribution in [0.1, 0.15) is 104 Å². The standard InChI is InChI=1S/2C8H18N.C6H15N.Co/c2*1-7(2,3)9-8(4,5)6;1-4-7(5-2)6-3;/h2*1-6H3;4-6H2,1-3H3;/q2*-1;;+3. The Balaban J connectivity index is -0.000000138. The van der Waals surface area contributed by atoms with Crippen LogP contribution in [0.4, 0.5) is 0 Å². The van der Waals surface area contributed by atoms with Gasteiger partial charge in [-0.2, -0.15) is 0 Å². The molecule has 0 atom stereocenters. The largest absolute Gasteiger partial charge is 3.00 e. The average Bonchev–Trinajstić information content (AvgIpc) is 2.22. The third-order valence-electron chi connectivity index (χ3n) is 2.68. The first-order valence-corrected chi connectivity index (χ1v) is 9.96. The second kappa shape index (κ2) is 14.4. The van der Waals surface area contributed by atoms with Crippen LogP contribution in [0, 0.1) is 0 Å². The van der Waals surface area contributed by atoms with Gasteiger partial charge in [0, 0.05) is 0 Å². The molecule has 0 amide bonds. The van der Waals surface area contributed by atoms with Crippen molar-refractivity contribution in [1.29, 1.82) is 0 Å². The van der Waals surface area contributed by atoms with Crippen molar-refractivity contribution in [2.45, 2.75) is 126 Å². The van der Waals surface area contributed by atoms with Gasteiger partial charge in [-0.25, -0.2) is 0 Å². The van der Waals surface area contributed by atoms with Gasteiger partial charge in [-0.05, 0) is 19.6 Å². The van der Waals surface area contributed by atoms with Crippen molar-refractivity contribution in [1.82, 2.24) is 4.90 Å². The van der Waals surface area contributed by atoms with Crippen molar-refractivity contribution >= 4 is 0 Å². The Morgan fingerprint density at radius 2 is 0.615 bits per heavy atom. The smallest absolute Gasteiger partial charge is 0.653 e. The molecule has 4 heteroatoms. The van der Waals surface area contributed by atoms with Crippen LogP contribution in [0.15, 0.2) is 0 Å². The molecule has 0 aromatic carbocycles. The molecule has 0 fully saturated rings. The summed E-state index contributed by atoms with van der Waals surface area (Å²) in [6, 6.07) is 0. The molecule has 0 bridgehead atoms. The zero-order chi connectivity index (χ0) is 21.1. The van der Waals surface area contributed by atoms with Crippen LogP contribution in [0.3, 0.4) is 0 Å². The van der Waals surface area contributed by atoms with E-state index in [1.807, 2.05) is 0 Å². The first-order valence-electron chi connectivity index (χ1n) is 9.96. The minimum absolute atomic E-state index is 0. The van der Waals surface area contributed by atoms with Gasteiger partial charge in [-0.1, -0.05) is 104 Å². The maximum atomic E-state index is 4.54. The molecule has 0 N–H and O–H groups in total. The Morgan fingerprint density at radius 1 is 0.462 bits per heavy atom. The van der Waals surface area contributed by atoms with E-state index in [1.165, 1.54) is 19.6 Å². The summed E-state index contributed by atoms with van der Waals surface area (Å²) >= 11 is 0. The van der Waals surface area contributed by atoms with E-state index in [1.54, 1.807) is 0 Å². The van der Waals surface area contributed by atoms with Crippen molar-refractivity contribution in [3.8, 4) is 0 Å². The second-order valence-electron chi connectivity index (χ2n) is 10.5. The number of hydrogen-bond donors (Lipinski definition) is 0. The van der Waals surface area contributed by atoms with Gasteiger partial charge in [-0.15, -0.1) is 22.2 Å². The van der Waals surface area contributed by atoms with Crippen LogP contribution in [0.5, 0.6) is 0 Å². The zero-order valence-electron chi connectivity index (χ0n) is 20.8.